The van der Waals surface area contributed by atoms with Gasteiger partial charge in [0.15, 0.2) is 11.5 Å². The maximum absolute atomic E-state index is 13.2. The molecule has 8 nitrogen and oxygen atoms in total. The standard InChI is InChI=1S/C25H39N3O5S/c1-18-13-19(2)16-27(15-18)17-20(3)26-25(29)21-7-9-28(10-8-21)34(30,31)22-5-6-23-24(14-22)33-12-4-11-32-23/h5-6,14,18-21H,4,7-13,15-17H2,1-3H3,(H,26,29). The van der Waals surface area contributed by atoms with E-state index in [1.165, 1.54) is 10.7 Å². The minimum atomic E-state index is -3.65. The summed E-state index contributed by atoms with van der Waals surface area (Å²) in [5.74, 6) is 2.32. The minimum Gasteiger partial charge on any atom is -0.490 e. The second kappa shape index (κ2) is 10.8. The molecule has 2 fully saturated rings. The Balaban J connectivity index is 1.29. The average molecular weight is 494 g/mol. The molecular formula is C25H39N3O5S. The van der Waals surface area contributed by atoms with E-state index in [-0.39, 0.29) is 22.8 Å². The van der Waals surface area contributed by atoms with Gasteiger partial charge in [-0.3, -0.25) is 4.79 Å². The summed E-state index contributed by atoms with van der Waals surface area (Å²) < 4.78 is 39.2. The number of carbonyl (C=O) groups excluding carboxylic acids is 1. The summed E-state index contributed by atoms with van der Waals surface area (Å²) in [7, 11) is -3.65. The van der Waals surface area contributed by atoms with E-state index in [0.717, 1.165) is 26.1 Å². The maximum Gasteiger partial charge on any atom is 0.243 e. The molecule has 3 aliphatic rings. The Labute approximate surface area is 204 Å². The van der Waals surface area contributed by atoms with Crippen molar-refractivity contribution in [3.05, 3.63) is 18.2 Å². The van der Waals surface area contributed by atoms with Crippen LogP contribution >= 0.6 is 0 Å². The van der Waals surface area contributed by atoms with Crippen LogP contribution in [-0.4, -0.2) is 75.5 Å². The molecule has 0 aliphatic carbocycles. The molecule has 3 heterocycles. The number of sulfonamides is 1. The van der Waals surface area contributed by atoms with Crippen molar-refractivity contribution in [2.75, 3.05) is 45.9 Å². The lowest BCUT2D eigenvalue weighted by molar-refractivity contribution is -0.126. The first-order valence-electron chi connectivity index (χ1n) is 12.6. The molecule has 0 aromatic heterocycles. The van der Waals surface area contributed by atoms with E-state index in [4.69, 9.17) is 9.47 Å². The molecule has 0 radical (unpaired) electrons. The summed E-state index contributed by atoms with van der Waals surface area (Å²) >= 11 is 0. The molecule has 4 rings (SSSR count). The first-order chi connectivity index (χ1) is 16.2. The van der Waals surface area contributed by atoms with Crippen molar-refractivity contribution in [1.82, 2.24) is 14.5 Å². The lowest BCUT2D eigenvalue weighted by Gasteiger charge is -2.37. The van der Waals surface area contributed by atoms with Crippen molar-refractivity contribution in [2.45, 2.75) is 57.4 Å². The Kier molecular flexibility index (Phi) is 8.05. The number of likely N-dealkylation sites (tertiary alicyclic amines) is 1. The fraction of sp³-hybridized carbons (Fsp3) is 0.720. The van der Waals surface area contributed by atoms with Crippen LogP contribution in [0.5, 0.6) is 11.5 Å². The van der Waals surface area contributed by atoms with E-state index in [1.807, 2.05) is 0 Å². The second-order valence-corrected chi connectivity index (χ2v) is 12.3. The number of rotatable bonds is 6. The van der Waals surface area contributed by atoms with E-state index >= 15 is 0 Å². The average Bonchev–Trinajstić information content (AvgIpc) is 3.03. The molecule has 2 saturated heterocycles. The zero-order valence-corrected chi connectivity index (χ0v) is 21.5. The lowest BCUT2D eigenvalue weighted by Crippen LogP contribution is -2.49. The van der Waals surface area contributed by atoms with Crippen molar-refractivity contribution >= 4 is 15.9 Å². The quantitative estimate of drug-likeness (QED) is 0.656. The summed E-state index contributed by atoms with van der Waals surface area (Å²) in [6, 6.07) is 4.87. The predicted molar refractivity (Wildman–Crippen MR) is 131 cm³/mol. The molecule has 3 aliphatic heterocycles. The Morgan fingerprint density at radius 3 is 2.41 bits per heavy atom. The number of fused-ring (bicyclic) bond motifs is 1. The SMILES string of the molecule is CC1CC(C)CN(CC(C)NC(=O)C2CCN(S(=O)(=O)c3ccc4c(c3)OCCCO4)CC2)C1. The summed E-state index contributed by atoms with van der Waals surface area (Å²) in [5, 5.41) is 3.17. The van der Waals surface area contributed by atoms with Gasteiger partial charge in [-0.15, -0.1) is 0 Å². The fourth-order valence-electron chi connectivity index (χ4n) is 5.55. The molecule has 0 saturated carbocycles. The molecular weight excluding hydrogens is 454 g/mol. The van der Waals surface area contributed by atoms with Gasteiger partial charge in [0.2, 0.25) is 15.9 Å². The third kappa shape index (κ3) is 6.04. The Bertz CT molecular complexity index is 951. The van der Waals surface area contributed by atoms with E-state index in [0.29, 0.717) is 62.5 Å². The highest BCUT2D eigenvalue weighted by Crippen LogP contribution is 2.34. The van der Waals surface area contributed by atoms with Crippen LogP contribution < -0.4 is 14.8 Å². The van der Waals surface area contributed by atoms with Crippen LogP contribution in [0.3, 0.4) is 0 Å². The normalized spacial score (nSPS) is 26.0. The van der Waals surface area contributed by atoms with Crippen LogP contribution in [0.2, 0.25) is 0 Å². The van der Waals surface area contributed by atoms with Gasteiger partial charge >= 0.3 is 0 Å². The highest BCUT2D eigenvalue weighted by Gasteiger charge is 2.33. The first-order valence-corrected chi connectivity index (χ1v) is 14.1. The number of piperidine rings is 2. The first kappa shape index (κ1) is 25.3. The third-order valence-corrected chi connectivity index (χ3v) is 8.94. The topological polar surface area (TPSA) is 88.2 Å². The van der Waals surface area contributed by atoms with Gasteiger partial charge < -0.3 is 19.7 Å². The molecule has 34 heavy (non-hydrogen) atoms. The number of nitrogens with one attached hydrogen (secondary N) is 1. The lowest BCUT2D eigenvalue weighted by atomic mass is 9.91. The van der Waals surface area contributed by atoms with Crippen LogP contribution in [-0.2, 0) is 14.8 Å². The highest BCUT2D eigenvalue weighted by molar-refractivity contribution is 7.89. The Hall–Kier alpha value is -1.84. The van der Waals surface area contributed by atoms with E-state index in [9.17, 15) is 13.2 Å². The number of amides is 1. The van der Waals surface area contributed by atoms with Gasteiger partial charge in [0.05, 0.1) is 18.1 Å². The molecule has 1 N–H and O–H groups in total. The van der Waals surface area contributed by atoms with Crippen molar-refractivity contribution in [1.29, 1.82) is 0 Å². The van der Waals surface area contributed by atoms with Crippen LogP contribution in [0.25, 0.3) is 0 Å². The molecule has 1 amide bonds. The van der Waals surface area contributed by atoms with Gasteiger partial charge in [-0.25, -0.2) is 8.42 Å². The molecule has 3 atom stereocenters. The van der Waals surface area contributed by atoms with Gasteiger partial charge in [-0.2, -0.15) is 4.31 Å². The fourth-order valence-corrected chi connectivity index (χ4v) is 7.03. The van der Waals surface area contributed by atoms with Crippen molar-refractivity contribution in [2.24, 2.45) is 17.8 Å². The molecule has 0 bridgehead atoms. The molecule has 190 valence electrons. The molecule has 1 aromatic rings. The van der Waals surface area contributed by atoms with Gasteiger partial charge in [0.25, 0.3) is 0 Å². The zero-order chi connectivity index (χ0) is 24.3. The monoisotopic (exact) mass is 493 g/mol. The van der Waals surface area contributed by atoms with Crippen LogP contribution in [0.15, 0.2) is 23.1 Å². The largest absolute Gasteiger partial charge is 0.490 e. The Morgan fingerprint density at radius 2 is 1.74 bits per heavy atom. The summed E-state index contributed by atoms with van der Waals surface area (Å²) in [5.41, 5.74) is 0. The summed E-state index contributed by atoms with van der Waals surface area (Å²) in [6.45, 7) is 11.4. The van der Waals surface area contributed by atoms with Crippen LogP contribution in [0.1, 0.15) is 46.5 Å². The number of ether oxygens (including phenoxy) is 2. The molecule has 3 unspecified atom stereocenters. The van der Waals surface area contributed by atoms with Crippen molar-refractivity contribution in [3.8, 4) is 11.5 Å². The van der Waals surface area contributed by atoms with Crippen molar-refractivity contribution < 1.29 is 22.7 Å². The van der Waals surface area contributed by atoms with Crippen LogP contribution in [0.4, 0.5) is 0 Å². The number of hydrogen-bond acceptors (Lipinski definition) is 6. The van der Waals surface area contributed by atoms with E-state index < -0.39 is 10.0 Å². The summed E-state index contributed by atoms with van der Waals surface area (Å²) in [4.78, 5) is 15.5. The number of carbonyl (C=O) groups is 1. The van der Waals surface area contributed by atoms with E-state index in [1.54, 1.807) is 18.2 Å². The number of nitrogens with zero attached hydrogens (tertiary/aromatic N) is 2. The van der Waals surface area contributed by atoms with Gasteiger partial charge in [0, 0.05) is 57.2 Å². The van der Waals surface area contributed by atoms with Crippen molar-refractivity contribution in [3.63, 3.8) is 0 Å². The predicted octanol–water partition coefficient (Wildman–Crippen LogP) is 2.73. The van der Waals surface area contributed by atoms with Crippen LogP contribution in [0, 0.1) is 17.8 Å². The minimum absolute atomic E-state index is 0.0400. The Morgan fingerprint density at radius 1 is 1.09 bits per heavy atom. The highest BCUT2D eigenvalue weighted by atomic mass is 32.2. The van der Waals surface area contributed by atoms with Gasteiger partial charge in [-0.1, -0.05) is 13.8 Å². The molecule has 1 aromatic carbocycles. The zero-order valence-electron chi connectivity index (χ0n) is 20.7. The number of benzene rings is 1. The molecule has 9 heteroatoms. The maximum atomic E-state index is 13.2. The van der Waals surface area contributed by atoms with E-state index in [2.05, 4.69) is 31.0 Å². The van der Waals surface area contributed by atoms with Gasteiger partial charge in [-0.05, 0) is 50.2 Å². The number of hydrogen-bond donors (Lipinski definition) is 1. The second-order valence-electron chi connectivity index (χ2n) is 10.4. The smallest absolute Gasteiger partial charge is 0.243 e. The summed E-state index contributed by atoms with van der Waals surface area (Å²) in [6.07, 6.45) is 3.09. The van der Waals surface area contributed by atoms with Gasteiger partial charge in [0.1, 0.15) is 0 Å². The third-order valence-electron chi connectivity index (χ3n) is 7.05. The molecule has 0 spiro atoms.